The molecule has 2 N–H and O–H groups in total. The molecule has 1 saturated heterocycles. The third-order valence-electron chi connectivity index (χ3n) is 5.07. The van der Waals surface area contributed by atoms with Crippen molar-refractivity contribution in [1.29, 1.82) is 0 Å². The van der Waals surface area contributed by atoms with Gasteiger partial charge in [-0.25, -0.2) is 0 Å². The highest BCUT2D eigenvalue weighted by Crippen LogP contribution is 2.19. The molecule has 1 aromatic heterocycles. The van der Waals surface area contributed by atoms with Crippen molar-refractivity contribution in [3.8, 4) is 0 Å². The number of thiophene rings is 1. The van der Waals surface area contributed by atoms with Crippen LogP contribution in [0.25, 0.3) is 0 Å². The van der Waals surface area contributed by atoms with Gasteiger partial charge in [-0.05, 0) is 54.4 Å². The predicted molar refractivity (Wildman–Crippen MR) is 127 cm³/mol. The van der Waals surface area contributed by atoms with Crippen molar-refractivity contribution in [2.45, 2.75) is 39.4 Å². The molecule has 4 nitrogen and oxygen atoms in total. The molecular weight excluding hydrogens is 467 g/mol. The van der Waals surface area contributed by atoms with Crippen molar-refractivity contribution in [1.82, 2.24) is 15.5 Å². The normalized spacial score (nSPS) is 16.0. The predicted octanol–water partition coefficient (Wildman–Crippen LogP) is 4.46. The molecule has 6 heteroatoms. The molecule has 148 valence electrons. The Bertz CT molecular complexity index is 694. The van der Waals surface area contributed by atoms with Gasteiger partial charge in [-0.15, -0.1) is 35.3 Å². The van der Waals surface area contributed by atoms with E-state index in [0.29, 0.717) is 0 Å². The van der Waals surface area contributed by atoms with Crippen molar-refractivity contribution in [3.63, 3.8) is 0 Å². The maximum atomic E-state index is 4.34. The fraction of sp³-hybridized carbons (Fsp3) is 0.476. The number of nitrogens with one attached hydrogen (secondary N) is 2. The molecule has 0 spiro atoms. The summed E-state index contributed by atoms with van der Waals surface area (Å²) in [7, 11) is 1.82. The van der Waals surface area contributed by atoms with E-state index in [1.54, 1.807) is 11.3 Å². The van der Waals surface area contributed by atoms with Crippen LogP contribution < -0.4 is 10.6 Å². The lowest BCUT2D eigenvalue weighted by atomic mass is 9.98. The lowest BCUT2D eigenvalue weighted by Gasteiger charge is -2.30. The lowest BCUT2D eigenvalue weighted by Crippen LogP contribution is -2.37. The second-order valence-corrected chi connectivity index (χ2v) is 8.12. The van der Waals surface area contributed by atoms with Crippen molar-refractivity contribution >= 4 is 41.3 Å². The maximum absolute atomic E-state index is 4.34. The highest BCUT2D eigenvalue weighted by Gasteiger charge is 2.16. The van der Waals surface area contributed by atoms with Crippen LogP contribution in [-0.4, -0.2) is 31.0 Å². The fourth-order valence-electron chi connectivity index (χ4n) is 3.33. The molecule has 0 aliphatic carbocycles. The Hall–Kier alpha value is -1.12. The third-order valence-corrected chi connectivity index (χ3v) is 5.95. The summed E-state index contributed by atoms with van der Waals surface area (Å²) in [5.74, 6) is 1.72. The molecule has 1 fully saturated rings. The fourth-order valence-corrected chi connectivity index (χ4v) is 3.97. The molecule has 3 rings (SSSR count). The molecular formula is C21H31IN4S. The van der Waals surface area contributed by atoms with Gasteiger partial charge in [0.1, 0.15) is 0 Å². The van der Waals surface area contributed by atoms with Crippen LogP contribution in [-0.2, 0) is 19.6 Å². The van der Waals surface area contributed by atoms with Gasteiger partial charge in [-0.2, -0.15) is 0 Å². The van der Waals surface area contributed by atoms with Gasteiger partial charge in [0.2, 0.25) is 0 Å². The summed E-state index contributed by atoms with van der Waals surface area (Å²) in [6.45, 7) is 7.45. The molecule has 0 radical (unpaired) electrons. The number of rotatable bonds is 6. The molecule has 2 heterocycles. The van der Waals surface area contributed by atoms with Gasteiger partial charge in [0, 0.05) is 25.0 Å². The summed E-state index contributed by atoms with van der Waals surface area (Å²) in [6, 6.07) is 13.0. The van der Waals surface area contributed by atoms with Crippen LogP contribution in [0.3, 0.4) is 0 Å². The first kappa shape index (κ1) is 22.2. The summed E-state index contributed by atoms with van der Waals surface area (Å²) in [6.07, 6.45) is 2.64. The van der Waals surface area contributed by atoms with E-state index >= 15 is 0 Å². The van der Waals surface area contributed by atoms with E-state index in [9.17, 15) is 0 Å². The number of benzene rings is 1. The standard InChI is InChI=1S/C21H30N4S.HI/c1-17-9-11-25(12-10-17)16-19-7-4-3-6-18(19)14-23-21(22-2)24-15-20-8-5-13-26-20;/h3-8,13,17H,9-12,14-16H2,1-2H3,(H2,22,23,24);1H. The van der Waals surface area contributed by atoms with E-state index in [1.165, 1.54) is 41.9 Å². The molecule has 0 amide bonds. The molecule has 0 bridgehead atoms. The number of nitrogens with zero attached hydrogens (tertiary/aromatic N) is 2. The van der Waals surface area contributed by atoms with Crippen LogP contribution in [0.5, 0.6) is 0 Å². The van der Waals surface area contributed by atoms with E-state index in [-0.39, 0.29) is 24.0 Å². The number of guanidine groups is 1. The molecule has 0 saturated carbocycles. The van der Waals surface area contributed by atoms with Gasteiger partial charge in [-0.3, -0.25) is 9.89 Å². The summed E-state index contributed by atoms with van der Waals surface area (Å²) >= 11 is 1.76. The zero-order valence-electron chi connectivity index (χ0n) is 16.3. The van der Waals surface area contributed by atoms with Crippen molar-refractivity contribution in [2.75, 3.05) is 20.1 Å². The topological polar surface area (TPSA) is 39.7 Å². The van der Waals surface area contributed by atoms with E-state index < -0.39 is 0 Å². The monoisotopic (exact) mass is 498 g/mol. The van der Waals surface area contributed by atoms with Crippen LogP contribution in [0, 0.1) is 5.92 Å². The van der Waals surface area contributed by atoms with Gasteiger partial charge in [0.05, 0.1) is 6.54 Å². The summed E-state index contributed by atoms with van der Waals surface area (Å²) in [4.78, 5) is 8.24. The number of aliphatic imine (C=N–C) groups is 1. The third kappa shape index (κ3) is 7.08. The van der Waals surface area contributed by atoms with Crippen molar-refractivity contribution < 1.29 is 0 Å². The van der Waals surface area contributed by atoms with Crippen molar-refractivity contribution in [3.05, 3.63) is 57.8 Å². The second-order valence-electron chi connectivity index (χ2n) is 7.09. The first-order valence-electron chi connectivity index (χ1n) is 9.50. The summed E-state index contributed by atoms with van der Waals surface area (Å²) in [5.41, 5.74) is 2.77. The molecule has 1 aliphatic rings. The lowest BCUT2D eigenvalue weighted by molar-refractivity contribution is 0.185. The maximum Gasteiger partial charge on any atom is 0.191 e. The molecule has 1 aliphatic heterocycles. The van der Waals surface area contributed by atoms with Crippen LogP contribution in [0.15, 0.2) is 46.8 Å². The van der Waals surface area contributed by atoms with E-state index in [4.69, 9.17) is 0 Å². The SMILES string of the molecule is CN=C(NCc1cccs1)NCc1ccccc1CN1CCC(C)CC1.I. The van der Waals surface area contributed by atoms with E-state index in [1.807, 2.05) is 7.05 Å². The Morgan fingerprint density at radius 3 is 2.44 bits per heavy atom. The highest BCUT2D eigenvalue weighted by atomic mass is 127. The van der Waals surface area contributed by atoms with Gasteiger partial charge in [-0.1, -0.05) is 37.3 Å². The zero-order valence-corrected chi connectivity index (χ0v) is 19.4. The minimum absolute atomic E-state index is 0. The minimum Gasteiger partial charge on any atom is -0.352 e. The Labute approximate surface area is 184 Å². The quantitative estimate of drug-likeness (QED) is 0.351. The molecule has 0 unspecified atom stereocenters. The Kier molecular flexibility index (Phi) is 9.58. The zero-order chi connectivity index (χ0) is 18.2. The molecule has 1 aromatic carbocycles. The van der Waals surface area contributed by atoms with Crippen LogP contribution in [0.4, 0.5) is 0 Å². The van der Waals surface area contributed by atoms with Gasteiger partial charge in [0.15, 0.2) is 5.96 Å². The summed E-state index contributed by atoms with van der Waals surface area (Å²) in [5, 5.41) is 8.95. The number of likely N-dealkylation sites (tertiary alicyclic amines) is 1. The Morgan fingerprint density at radius 1 is 1.07 bits per heavy atom. The minimum atomic E-state index is 0. The van der Waals surface area contributed by atoms with Gasteiger partial charge < -0.3 is 10.6 Å². The second kappa shape index (κ2) is 11.7. The molecule has 2 aromatic rings. The van der Waals surface area contributed by atoms with Crippen LogP contribution in [0.1, 0.15) is 35.8 Å². The van der Waals surface area contributed by atoms with Crippen molar-refractivity contribution in [2.24, 2.45) is 10.9 Å². The summed E-state index contributed by atoms with van der Waals surface area (Å²) < 4.78 is 0. The Morgan fingerprint density at radius 2 is 1.78 bits per heavy atom. The Balaban J connectivity index is 0.00000261. The number of piperidine rings is 1. The first-order valence-corrected chi connectivity index (χ1v) is 10.4. The molecule has 0 atom stereocenters. The van der Waals surface area contributed by atoms with E-state index in [0.717, 1.165) is 31.5 Å². The smallest absolute Gasteiger partial charge is 0.191 e. The van der Waals surface area contributed by atoms with Crippen LogP contribution >= 0.6 is 35.3 Å². The average molecular weight is 498 g/mol. The molecule has 27 heavy (non-hydrogen) atoms. The number of halogens is 1. The number of hydrogen-bond acceptors (Lipinski definition) is 3. The largest absolute Gasteiger partial charge is 0.352 e. The van der Waals surface area contributed by atoms with E-state index in [2.05, 4.69) is 69.2 Å². The van der Waals surface area contributed by atoms with Gasteiger partial charge in [0.25, 0.3) is 0 Å². The van der Waals surface area contributed by atoms with Gasteiger partial charge >= 0.3 is 0 Å². The first-order chi connectivity index (χ1) is 12.7. The average Bonchev–Trinajstić information content (AvgIpc) is 3.18. The van der Waals surface area contributed by atoms with Crippen LogP contribution in [0.2, 0.25) is 0 Å². The highest BCUT2D eigenvalue weighted by molar-refractivity contribution is 14.0. The number of hydrogen-bond donors (Lipinski definition) is 2.